The van der Waals surface area contributed by atoms with Crippen LogP contribution in [0.5, 0.6) is 0 Å². The van der Waals surface area contributed by atoms with Crippen molar-refractivity contribution >= 4 is 5.69 Å². The minimum absolute atomic E-state index is 0.163. The van der Waals surface area contributed by atoms with Crippen molar-refractivity contribution < 1.29 is 0 Å². The maximum Gasteiger partial charge on any atom is 0.0368 e. The van der Waals surface area contributed by atoms with E-state index in [1.807, 2.05) is 0 Å². The lowest BCUT2D eigenvalue weighted by molar-refractivity contribution is 0.507. The molecule has 0 bridgehead atoms. The second-order valence-corrected chi connectivity index (χ2v) is 6.12. The average Bonchev–Trinajstić information content (AvgIpc) is 2.46. The summed E-state index contributed by atoms with van der Waals surface area (Å²) in [6.45, 7) is 12.4. The molecule has 114 valence electrons. The van der Waals surface area contributed by atoms with E-state index in [0.717, 1.165) is 13.0 Å². The van der Waals surface area contributed by atoms with Gasteiger partial charge in [0.2, 0.25) is 0 Å². The molecule has 1 aromatic rings. The number of hydrogen-bond acceptors (Lipinski definition) is 2. The Morgan fingerprint density at radius 2 is 1.50 bits per heavy atom. The summed E-state index contributed by atoms with van der Waals surface area (Å²) >= 11 is 0. The molecule has 0 spiro atoms. The normalized spacial score (nSPS) is 13.0. The molecule has 0 aliphatic carbocycles. The third kappa shape index (κ3) is 4.52. The fourth-order valence-corrected chi connectivity index (χ4v) is 2.74. The Morgan fingerprint density at radius 3 is 1.90 bits per heavy atom. The van der Waals surface area contributed by atoms with Crippen LogP contribution in [0, 0.1) is 5.92 Å². The van der Waals surface area contributed by atoms with Gasteiger partial charge in [-0.25, -0.2) is 0 Å². The maximum absolute atomic E-state index is 6.10. The first kappa shape index (κ1) is 17.0. The van der Waals surface area contributed by atoms with Gasteiger partial charge in [-0.3, -0.25) is 0 Å². The fraction of sp³-hybridized carbons (Fsp3) is 0.667. The minimum Gasteiger partial charge on any atom is -0.368 e. The lowest BCUT2D eigenvalue weighted by Crippen LogP contribution is -2.37. The Labute approximate surface area is 125 Å². The van der Waals surface area contributed by atoms with Gasteiger partial charge in [0.1, 0.15) is 0 Å². The van der Waals surface area contributed by atoms with Gasteiger partial charge in [-0.15, -0.1) is 0 Å². The molecule has 0 aliphatic heterocycles. The first-order valence-corrected chi connectivity index (χ1v) is 8.15. The predicted octanol–water partition coefficient (Wildman–Crippen LogP) is 4.75. The van der Waals surface area contributed by atoms with Gasteiger partial charge in [0.15, 0.2) is 0 Å². The van der Waals surface area contributed by atoms with Gasteiger partial charge in [0.05, 0.1) is 0 Å². The quantitative estimate of drug-likeness (QED) is 0.742. The van der Waals surface area contributed by atoms with Gasteiger partial charge < -0.3 is 10.6 Å². The van der Waals surface area contributed by atoms with Crippen LogP contribution in [0.2, 0.25) is 0 Å². The highest BCUT2D eigenvalue weighted by atomic mass is 15.2. The summed E-state index contributed by atoms with van der Waals surface area (Å²) < 4.78 is 0. The summed E-state index contributed by atoms with van der Waals surface area (Å²) in [7, 11) is 0. The van der Waals surface area contributed by atoms with E-state index >= 15 is 0 Å². The molecule has 0 saturated carbocycles. The molecule has 0 heterocycles. The van der Waals surface area contributed by atoms with Gasteiger partial charge in [-0.05, 0) is 42.9 Å². The minimum atomic E-state index is 0.163. The zero-order chi connectivity index (χ0) is 15.1. The van der Waals surface area contributed by atoms with E-state index in [0.29, 0.717) is 12.0 Å². The zero-order valence-corrected chi connectivity index (χ0v) is 13.9. The largest absolute Gasteiger partial charge is 0.368 e. The van der Waals surface area contributed by atoms with Crippen molar-refractivity contribution in [2.75, 3.05) is 11.4 Å². The molecule has 0 aromatic heterocycles. The number of rotatable bonds is 8. The van der Waals surface area contributed by atoms with Crippen molar-refractivity contribution in [3.8, 4) is 0 Å². The Balaban J connectivity index is 2.95. The Hall–Kier alpha value is -1.02. The molecule has 0 unspecified atom stereocenters. The van der Waals surface area contributed by atoms with Gasteiger partial charge in [-0.1, -0.05) is 46.8 Å². The number of nitrogens with zero attached hydrogens (tertiary/aromatic N) is 1. The highest BCUT2D eigenvalue weighted by Gasteiger charge is 2.17. The van der Waals surface area contributed by atoms with Crippen molar-refractivity contribution in [2.45, 2.75) is 66.0 Å². The summed E-state index contributed by atoms with van der Waals surface area (Å²) in [6, 6.07) is 9.66. The van der Waals surface area contributed by atoms with Crippen molar-refractivity contribution in [3.63, 3.8) is 0 Å². The molecule has 1 rings (SSSR count). The molecule has 2 nitrogen and oxygen atoms in total. The maximum atomic E-state index is 6.10. The van der Waals surface area contributed by atoms with Crippen LogP contribution in [0.25, 0.3) is 0 Å². The third-order valence-corrected chi connectivity index (χ3v) is 4.04. The molecule has 2 heteroatoms. The van der Waals surface area contributed by atoms with Gasteiger partial charge in [0.25, 0.3) is 0 Å². The predicted molar refractivity (Wildman–Crippen MR) is 90.2 cm³/mol. The van der Waals surface area contributed by atoms with Crippen LogP contribution in [-0.4, -0.2) is 12.6 Å². The third-order valence-electron chi connectivity index (χ3n) is 4.04. The molecule has 2 N–H and O–H groups in total. The van der Waals surface area contributed by atoms with E-state index in [2.05, 4.69) is 63.8 Å². The lowest BCUT2D eigenvalue weighted by Gasteiger charge is -2.34. The van der Waals surface area contributed by atoms with E-state index in [9.17, 15) is 0 Å². The van der Waals surface area contributed by atoms with Crippen molar-refractivity contribution in [1.82, 2.24) is 0 Å². The molecule has 0 amide bonds. The number of nitrogens with two attached hydrogens (primary N) is 1. The average molecular weight is 276 g/mol. The van der Waals surface area contributed by atoms with E-state index in [1.165, 1.54) is 24.1 Å². The van der Waals surface area contributed by atoms with Crippen LogP contribution in [0.1, 0.15) is 65.5 Å². The Morgan fingerprint density at radius 1 is 0.950 bits per heavy atom. The second kappa shape index (κ2) is 8.31. The summed E-state index contributed by atoms with van der Waals surface area (Å²) in [6.07, 6.45) is 3.38. The van der Waals surface area contributed by atoms with E-state index in [-0.39, 0.29) is 6.04 Å². The smallest absolute Gasteiger partial charge is 0.0368 e. The zero-order valence-electron chi connectivity index (χ0n) is 13.9. The Kier molecular flexibility index (Phi) is 7.08. The van der Waals surface area contributed by atoms with Crippen molar-refractivity contribution in [1.29, 1.82) is 0 Å². The van der Waals surface area contributed by atoms with Crippen LogP contribution < -0.4 is 10.6 Å². The molecule has 0 radical (unpaired) electrons. The lowest BCUT2D eigenvalue weighted by atomic mass is 10.0. The molecule has 0 aliphatic rings. The molecule has 20 heavy (non-hydrogen) atoms. The number of benzene rings is 1. The van der Waals surface area contributed by atoms with Crippen molar-refractivity contribution in [3.05, 3.63) is 29.8 Å². The molecule has 1 atom stereocenters. The fourth-order valence-electron chi connectivity index (χ4n) is 2.74. The van der Waals surface area contributed by atoms with Gasteiger partial charge >= 0.3 is 0 Å². The summed E-state index contributed by atoms with van der Waals surface area (Å²) in [4.78, 5) is 2.56. The molecular formula is C18H32N2. The SMILES string of the molecule is CCC(CC)N(CC(C)C)c1ccc([C@@H](N)CC)cc1. The summed E-state index contributed by atoms with van der Waals surface area (Å²) in [5.41, 5.74) is 8.67. The van der Waals surface area contributed by atoms with Crippen LogP contribution in [-0.2, 0) is 0 Å². The van der Waals surface area contributed by atoms with Crippen molar-refractivity contribution in [2.24, 2.45) is 11.7 Å². The van der Waals surface area contributed by atoms with Crippen LogP contribution in [0.4, 0.5) is 5.69 Å². The number of anilines is 1. The highest BCUT2D eigenvalue weighted by Crippen LogP contribution is 2.24. The number of hydrogen-bond donors (Lipinski definition) is 1. The summed E-state index contributed by atoms with van der Waals surface area (Å²) in [5, 5.41) is 0. The van der Waals surface area contributed by atoms with E-state index in [4.69, 9.17) is 5.73 Å². The second-order valence-electron chi connectivity index (χ2n) is 6.12. The Bertz CT molecular complexity index is 366. The topological polar surface area (TPSA) is 29.3 Å². The van der Waals surface area contributed by atoms with Crippen LogP contribution >= 0.6 is 0 Å². The van der Waals surface area contributed by atoms with Gasteiger partial charge in [-0.2, -0.15) is 0 Å². The standard InChI is InChI=1S/C18H32N2/c1-6-16(7-2)20(13-14(4)5)17-11-9-15(10-12-17)18(19)8-3/h9-12,14,16,18H,6-8,13,19H2,1-5H3/t18-/m0/s1. The molecule has 0 saturated heterocycles. The highest BCUT2D eigenvalue weighted by molar-refractivity contribution is 5.49. The van der Waals surface area contributed by atoms with Gasteiger partial charge in [0, 0.05) is 24.3 Å². The molecule has 1 aromatic carbocycles. The first-order valence-electron chi connectivity index (χ1n) is 8.15. The molecule has 0 fully saturated rings. The van der Waals surface area contributed by atoms with Crippen LogP contribution in [0.3, 0.4) is 0 Å². The first-order chi connectivity index (χ1) is 9.53. The molecular weight excluding hydrogens is 244 g/mol. The summed E-state index contributed by atoms with van der Waals surface area (Å²) in [5.74, 6) is 0.674. The monoisotopic (exact) mass is 276 g/mol. The van der Waals surface area contributed by atoms with Crippen LogP contribution in [0.15, 0.2) is 24.3 Å². The van der Waals surface area contributed by atoms with E-state index < -0.39 is 0 Å². The van der Waals surface area contributed by atoms with E-state index in [1.54, 1.807) is 0 Å².